The number of aromatic nitrogens is 2. The van der Waals surface area contributed by atoms with Gasteiger partial charge in [-0.1, -0.05) is 167 Å². The molecule has 1 aliphatic heterocycles. The van der Waals surface area contributed by atoms with Crippen LogP contribution in [-0.4, -0.2) is 9.55 Å². The van der Waals surface area contributed by atoms with Crippen LogP contribution in [0.4, 0.5) is 22.7 Å². The average Bonchev–Trinajstić information content (AvgIpc) is 3.86. The molecule has 3 heterocycles. The van der Waals surface area contributed by atoms with Gasteiger partial charge < -0.3 is 19.1 Å². The average molecular weight is 1110 g/mol. The molecule has 7 aromatic carbocycles. The number of aryl methyl sites for hydroxylation is 1. The summed E-state index contributed by atoms with van der Waals surface area (Å²) in [4.78, 5) is 9.71. The van der Waals surface area contributed by atoms with Crippen molar-refractivity contribution >= 4 is 44.6 Å². The van der Waals surface area contributed by atoms with Gasteiger partial charge in [-0.25, -0.2) is 4.98 Å². The van der Waals surface area contributed by atoms with Gasteiger partial charge in [0.1, 0.15) is 5.82 Å². The standard InChI is InChI=1S/C65H65N4O.Pt/c1-42-31-61(66-40-56(42)45-20-17-22-47(33-45)63(5,6)7)69-57-26-15-14-25-54(57)55-29-28-53(39-59(55)69)70-52-24-18-23-50(38-52)67-41-68(51-36-48(64(8,9)10)35-49(37-51)65(11,12)13)60-34-44(27-30-58(60)67)43-19-16-21-46(32-43)62(2,3)4;/h14-37,40-41H,1-13H3;/q-3;. The number of fused-ring (bicyclic) bond motifs is 4. The summed E-state index contributed by atoms with van der Waals surface area (Å²) in [5.41, 5.74) is 17.2. The summed E-state index contributed by atoms with van der Waals surface area (Å²) in [6, 6.07) is 60.0. The first-order chi connectivity index (χ1) is 33.1. The molecule has 71 heavy (non-hydrogen) atoms. The van der Waals surface area contributed by atoms with Crippen LogP contribution in [0.2, 0.25) is 0 Å². The fraction of sp³-hybridized carbons (Fsp3) is 0.262. The number of hydrogen-bond acceptors (Lipinski definition) is 4. The van der Waals surface area contributed by atoms with Gasteiger partial charge in [0.25, 0.3) is 0 Å². The van der Waals surface area contributed by atoms with Crippen molar-refractivity contribution in [1.29, 1.82) is 0 Å². The molecule has 6 heteroatoms. The monoisotopic (exact) mass is 1110 g/mol. The fourth-order valence-electron chi connectivity index (χ4n) is 9.56. The third-order valence-electron chi connectivity index (χ3n) is 13.9. The number of ether oxygens (including phenoxy) is 1. The van der Waals surface area contributed by atoms with Gasteiger partial charge in [-0.15, -0.1) is 48.1 Å². The molecule has 0 saturated carbocycles. The topological polar surface area (TPSA) is 33.5 Å². The minimum Gasteiger partial charge on any atom is -0.509 e. The van der Waals surface area contributed by atoms with Crippen molar-refractivity contribution in [2.24, 2.45) is 0 Å². The van der Waals surface area contributed by atoms with E-state index in [1.165, 1.54) is 38.9 Å². The number of benzene rings is 7. The second-order valence-electron chi connectivity index (χ2n) is 23.3. The number of anilines is 4. The van der Waals surface area contributed by atoms with Crippen molar-refractivity contribution in [2.45, 2.75) is 112 Å². The minimum atomic E-state index is -0.0411. The minimum absolute atomic E-state index is 0. The molecule has 364 valence electrons. The third kappa shape index (κ3) is 9.71. The summed E-state index contributed by atoms with van der Waals surface area (Å²) >= 11 is 0. The van der Waals surface area contributed by atoms with Crippen LogP contribution in [0.3, 0.4) is 0 Å². The molecular weight excluding hydrogens is 1050 g/mol. The van der Waals surface area contributed by atoms with Gasteiger partial charge in [-0.05, 0) is 115 Å². The molecule has 0 radical (unpaired) electrons. The molecule has 0 unspecified atom stereocenters. The number of nitrogens with zero attached hydrogens (tertiary/aromatic N) is 4. The second-order valence-corrected chi connectivity index (χ2v) is 23.3. The Morgan fingerprint density at radius 1 is 0.493 bits per heavy atom. The van der Waals surface area contributed by atoms with E-state index in [4.69, 9.17) is 9.72 Å². The molecular formula is C65H65N4OPt-3. The Morgan fingerprint density at radius 3 is 1.76 bits per heavy atom. The number of hydrogen-bond donors (Lipinski definition) is 0. The van der Waals surface area contributed by atoms with Crippen LogP contribution < -0.4 is 14.5 Å². The first-order valence-corrected chi connectivity index (χ1v) is 24.7. The Balaban J connectivity index is 0.00000624. The van der Waals surface area contributed by atoms with E-state index in [2.05, 4.69) is 251 Å². The van der Waals surface area contributed by atoms with Crippen molar-refractivity contribution in [3.8, 4) is 39.6 Å². The van der Waals surface area contributed by atoms with Crippen molar-refractivity contribution in [3.05, 3.63) is 198 Å². The molecule has 0 aliphatic carbocycles. The largest absolute Gasteiger partial charge is 0.509 e. The van der Waals surface area contributed by atoms with Crippen LogP contribution in [0.15, 0.2) is 152 Å². The molecule has 10 rings (SSSR count). The maximum absolute atomic E-state index is 6.74. The van der Waals surface area contributed by atoms with Crippen molar-refractivity contribution in [1.82, 2.24) is 9.55 Å². The van der Waals surface area contributed by atoms with Gasteiger partial charge in [-0.3, -0.25) is 0 Å². The molecule has 0 bridgehead atoms. The molecule has 0 fully saturated rings. The molecule has 1 aliphatic rings. The molecule has 0 spiro atoms. The number of rotatable bonds is 7. The van der Waals surface area contributed by atoms with Crippen LogP contribution in [0.5, 0.6) is 11.5 Å². The maximum atomic E-state index is 6.74. The number of pyridine rings is 1. The third-order valence-corrected chi connectivity index (χ3v) is 13.9. The number of para-hydroxylation sites is 1. The molecule has 0 saturated heterocycles. The summed E-state index contributed by atoms with van der Waals surface area (Å²) in [5, 5.41) is 2.22. The van der Waals surface area contributed by atoms with E-state index < -0.39 is 0 Å². The van der Waals surface area contributed by atoms with Gasteiger partial charge >= 0.3 is 0 Å². The zero-order valence-electron chi connectivity index (χ0n) is 43.5. The first kappa shape index (κ1) is 49.6. The van der Waals surface area contributed by atoms with Crippen molar-refractivity contribution in [2.75, 3.05) is 9.80 Å². The molecule has 0 atom stereocenters. The van der Waals surface area contributed by atoms with Crippen LogP contribution >= 0.6 is 0 Å². The molecule has 2 aromatic heterocycles. The van der Waals surface area contributed by atoms with E-state index in [1.807, 2.05) is 24.4 Å². The van der Waals surface area contributed by atoms with Gasteiger partial charge in [0.2, 0.25) is 0 Å². The summed E-state index contributed by atoms with van der Waals surface area (Å²) < 4.78 is 8.94. The summed E-state index contributed by atoms with van der Waals surface area (Å²) in [7, 11) is 0. The van der Waals surface area contributed by atoms with E-state index in [0.717, 1.165) is 61.5 Å². The predicted octanol–water partition coefficient (Wildman–Crippen LogP) is 17.8. The Morgan fingerprint density at radius 2 is 1.10 bits per heavy atom. The maximum Gasteiger partial charge on any atom is 0.135 e. The Labute approximate surface area is 436 Å². The van der Waals surface area contributed by atoms with Crippen LogP contribution in [0.1, 0.15) is 111 Å². The molecule has 9 aromatic rings. The summed E-state index contributed by atoms with van der Waals surface area (Å²) in [6.45, 7) is 31.7. The zero-order chi connectivity index (χ0) is 49.5. The van der Waals surface area contributed by atoms with E-state index in [-0.39, 0.29) is 42.7 Å². The zero-order valence-corrected chi connectivity index (χ0v) is 45.8. The van der Waals surface area contributed by atoms with Crippen LogP contribution in [0.25, 0.3) is 49.9 Å². The van der Waals surface area contributed by atoms with Gasteiger partial charge in [0.15, 0.2) is 0 Å². The Kier molecular flexibility index (Phi) is 12.8. The SMILES string of the molecule is Cc1cc(-n2c3[c-]c(Oc4[c-]c(N5[CH-]N(c6cc(C(C)(C)C)cc(C(C)(C)C)c6)c6cc(-c7cccc(C(C)(C)C)c7)ccc65)ccc4)ccc3c3ccccc32)ncc1-c1cccc(C(C)(C)C)c1.[Pt]. The van der Waals surface area contributed by atoms with Crippen molar-refractivity contribution < 1.29 is 25.8 Å². The van der Waals surface area contributed by atoms with Gasteiger partial charge in [0, 0.05) is 66.9 Å². The summed E-state index contributed by atoms with van der Waals surface area (Å²) in [5.74, 6) is 2.03. The normalized spacial score (nSPS) is 13.2. The van der Waals surface area contributed by atoms with E-state index in [9.17, 15) is 0 Å². The predicted molar refractivity (Wildman–Crippen MR) is 295 cm³/mol. The molecule has 0 N–H and O–H groups in total. The fourth-order valence-corrected chi connectivity index (χ4v) is 9.56. The molecule has 0 amide bonds. The Bertz CT molecular complexity index is 3430. The van der Waals surface area contributed by atoms with Gasteiger partial charge in [-0.2, -0.15) is 12.1 Å². The summed E-state index contributed by atoms with van der Waals surface area (Å²) in [6.07, 6.45) is 2.01. The van der Waals surface area contributed by atoms with Crippen molar-refractivity contribution in [3.63, 3.8) is 0 Å². The second kappa shape index (κ2) is 18.3. The smallest absolute Gasteiger partial charge is 0.135 e. The van der Waals surface area contributed by atoms with Gasteiger partial charge in [0.05, 0.1) is 0 Å². The molecule has 5 nitrogen and oxygen atoms in total. The first-order valence-electron chi connectivity index (χ1n) is 24.7. The van der Waals surface area contributed by atoms with E-state index >= 15 is 0 Å². The Hall–Kier alpha value is -6.42. The van der Waals surface area contributed by atoms with Crippen LogP contribution in [-0.2, 0) is 42.7 Å². The van der Waals surface area contributed by atoms with Crippen LogP contribution in [0, 0.1) is 25.7 Å². The van der Waals surface area contributed by atoms with E-state index in [0.29, 0.717) is 11.5 Å². The quantitative estimate of drug-likeness (QED) is 0.149. The van der Waals surface area contributed by atoms with E-state index in [1.54, 1.807) is 0 Å².